The number of hydrogen-bond acceptors (Lipinski definition) is 8. The highest BCUT2D eigenvalue weighted by Gasteiger charge is 2.42. The van der Waals surface area contributed by atoms with E-state index in [2.05, 4.69) is 16.0 Å². The standard InChI is InChI=1S/C29H42N4O8/c1-29(2,3)41-28(38)33-17-9-13-22(33)24(34)32-23(20-14-15-20)25(35)31-21(26(36)39-4)12-8-16-30-27(37)40-18-19-10-6-5-7-11-19/h5-7,10-11,20-23H,8-9,12-18H2,1-4H3,(H,30,37)(H,31,35)(H,32,34)/t21-,22-,23-/m0/s1. The zero-order chi connectivity index (χ0) is 30.0. The van der Waals surface area contributed by atoms with Gasteiger partial charge in [-0.1, -0.05) is 30.3 Å². The third-order valence-electron chi connectivity index (χ3n) is 6.81. The Morgan fingerprint density at radius 1 is 1.02 bits per heavy atom. The van der Waals surface area contributed by atoms with Crippen LogP contribution in [0.4, 0.5) is 9.59 Å². The van der Waals surface area contributed by atoms with Crippen LogP contribution < -0.4 is 16.0 Å². The lowest BCUT2D eigenvalue weighted by Gasteiger charge is -2.29. The van der Waals surface area contributed by atoms with Gasteiger partial charge in [-0.15, -0.1) is 0 Å². The largest absolute Gasteiger partial charge is 0.467 e. The predicted octanol–water partition coefficient (Wildman–Crippen LogP) is 2.65. The summed E-state index contributed by atoms with van der Waals surface area (Å²) < 4.78 is 15.5. The van der Waals surface area contributed by atoms with Gasteiger partial charge in [0.25, 0.3) is 0 Å². The molecule has 1 saturated heterocycles. The first-order valence-corrected chi connectivity index (χ1v) is 14.1. The number of amides is 4. The molecule has 41 heavy (non-hydrogen) atoms. The molecular weight excluding hydrogens is 532 g/mol. The molecular formula is C29H42N4O8. The van der Waals surface area contributed by atoms with Crippen molar-refractivity contribution in [1.29, 1.82) is 0 Å². The van der Waals surface area contributed by atoms with Crippen LogP contribution in [0, 0.1) is 5.92 Å². The molecule has 0 spiro atoms. The van der Waals surface area contributed by atoms with Gasteiger partial charge in [-0.2, -0.15) is 0 Å². The van der Waals surface area contributed by atoms with E-state index < -0.39 is 53.7 Å². The van der Waals surface area contributed by atoms with E-state index in [4.69, 9.17) is 14.2 Å². The van der Waals surface area contributed by atoms with Gasteiger partial charge >= 0.3 is 18.2 Å². The van der Waals surface area contributed by atoms with Crippen LogP contribution in [-0.2, 0) is 35.2 Å². The number of nitrogens with one attached hydrogen (secondary N) is 3. The highest BCUT2D eigenvalue weighted by Crippen LogP contribution is 2.33. The fourth-order valence-corrected chi connectivity index (χ4v) is 4.58. The first kappa shape index (κ1) is 31.7. The van der Waals surface area contributed by atoms with Crippen molar-refractivity contribution in [2.24, 2.45) is 5.92 Å². The molecule has 1 heterocycles. The number of benzene rings is 1. The van der Waals surface area contributed by atoms with Gasteiger partial charge in [0.2, 0.25) is 11.8 Å². The van der Waals surface area contributed by atoms with E-state index in [1.54, 1.807) is 20.8 Å². The van der Waals surface area contributed by atoms with Gasteiger partial charge in [0, 0.05) is 13.1 Å². The average molecular weight is 575 g/mol. The zero-order valence-corrected chi connectivity index (χ0v) is 24.3. The Labute approximate surface area is 240 Å². The van der Waals surface area contributed by atoms with Crippen LogP contribution in [-0.4, -0.2) is 78.8 Å². The second kappa shape index (κ2) is 14.7. The van der Waals surface area contributed by atoms with Gasteiger partial charge in [-0.05, 0) is 70.8 Å². The topological polar surface area (TPSA) is 152 Å². The van der Waals surface area contributed by atoms with Crippen LogP contribution in [0.5, 0.6) is 0 Å². The molecule has 1 aromatic rings. The van der Waals surface area contributed by atoms with Crippen LogP contribution >= 0.6 is 0 Å². The number of carbonyl (C=O) groups excluding carboxylic acids is 5. The van der Waals surface area contributed by atoms with Crippen molar-refractivity contribution < 1.29 is 38.2 Å². The van der Waals surface area contributed by atoms with Crippen molar-refractivity contribution in [2.45, 2.75) is 89.6 Å². The molecule has 0 radical (unpaired) electrons. The lowest BCUT2D eigenvalue weighted by molar-refractivity contribution is -0.145. The highest BCUT2D eigenvalue weighted by molar-refractivity contribution is 5.93. The Kier molecular flexibility index (Phi) is 11.4. The molecule has 1 aromatic carbocycles. The van der Waals surface area contributed by atoms with E-state index in [0.717, 1.165) is 18.4 Å². The lowest BCUT2D eigenvalue weighted by atomic mass is 10.1. The third-order valence-corrected chi connectivity index (χ3v) is 6.81. The fraction of sp³-hybridized carbons (Fsp3) is 0.621. The fourth-order valence-electron chi connectivity index (χ4n) is 4.58. The minimum absolute atomic E-state index is 0.0605. The Balaban J connectivity index is 1.50. The second-order valence-electron chi connectivity index (χ2n) is 11.4. The molecule has 0 bridgehead atoms. The van der Waals surface area contributed by atoms with Gasteiger partial charge in [0.05, 0.1) is 7.11 Å². The molecule has 1 aliphatic heterocycles. The van der Waals surface area contributed by atoms with Crippen molar-refractivity contribution >= 4 is 30.0 Å². The van der Waals surface area contributed by atoms with Crippen LogP contribution in [0.25, 0.3) is 0 Å². The number of esters is 1. The Morgan fingerprint density at radius 3 is 2.37 bits per heavy atom. The number of methoxy groups -OCH3 is 1. The SMILES string of the molecule is COC(=O)[C@H](CCCNC(=O)OCc1ccccc1)NC(=O)[C@@H](NC(=O)[C@@H]1CCCN1C(=O)OC(C)(C)C)C1CC1. The summed E-state index contributed by atoms with van der Waals surface area (Å²) in [6, 6.07) is 6.73. The van der Waals surface area contributed by atoms with E-state index >= 15 is 0 Å². The molecule has 1 saturated carbocycles. The molecule has 4 amide bonds. The maximum absolute atomic E-state index is 13.2. The lowest BCUT2D eigenvalue weighted by Crippen LogP contribution is -2.56. The summed E-state index contributed by atoms with van der Waals surface area (Å²) >= 11 is 0. The summed E-state index contributed by atoms with van der Waals surface area (Å²) in [5.74, 6) is -1.60. The number of nitrogens with zero attached hydrogens (tertiary/aromatic N) is 1. The second-order valence-corrected chi connectivity index (χ2v) is 11.4. The molecule has 12 nitrogen and oxygen atoms in total. The molecule has 2 fully saturated rings. The predicted molar refractivity (Wildman–Crippen MR) is 148 cm³/mol. The molecule has 226 valence electrons. The number of rotatable bonds is 12. The average Bonchev–Trinajstić information content (AvgIpc) is 3.65. The van der Waals surface area contributed by atoms with E-state index in [9.17, 15) is 24.0 Å². The molecule has 12 heteroatoms. The Bertz CT molecular complexity index is 1070. The highest BCUT2D eigenvalue weighted by atomic mass is 16.6. The molecule has 3 rings (SSSR count). The summed E-state index contributed by atoms with van der Waals surface area (Å²) in [5, 5.41) is 8.15. The summed E-state index contributed by atoms with van der Waals surface area (Å²) in [5.41, 5.74) is 0.164. The number of alkyl carbamates (subject to hydrolysis) is 1. The van der Waals surface area contributed by atoms with E-state index in [1.807, 2.05) is 30.3 Å². The number of carbonyl (C=O) groups is 5. The maximum atomic E-state index is 13.2. The normalized spacial score (nSPS) is 18.0. The van der Waals surface area contributed by atoms with Crippen molar-refractivity contribution in [1.82, 2.24) is 20.9 Å². The van der Waals surface area contributed by atoms with Crippen LogP contribution in [0.15, 0.2) is 30.3 Å². The van der Waals surface area contributed by atoms with E-state index in [1.165, 1.54) is 12.0 Å². The molecule has 0 aromatic heterocycles. The Morgan fingerprint density at radius 2 is 1.73 bits per heavy atom. The summed E-state index contributed by atoms with van der Waals surface area (Å²) in [7, 11) is 1.23. The number of ether oxygens (including phenoxy) is 3. The van der Waals surface area contributed by atoms with Crippen molar-refractivity contribution in [3.05, 3.63) is 35.9 Å². The van der Waals surface area contributed by atoms with Crippen molar-refractivity contribution in [3.8, 4) is 0 Å². The Hall–Kier alpha value is -3.83. The van der Waals surface area contributed by atoms with Gasteiger partial charge in [-0.25, -0.2) is 14.4 Å². The number of likely N-dealkylation sites (tertiary alicyclic amines) is 1. The molecule has 0 unspecified atom stereocenters. The first-order valence-electron chi connectivity index (χ1n) is 14.1. The first-order chi connectivity index (χ1) is 19.5. The van der Waals surface area contributed by atoms with Crippen LogP contribution in [0.2, 0.25) is 0 Å². The van der Waals surface area contributed by atoms with E-state index in [0.29, 0.717) is 25.8 Å². The van der Waals surface area contributed by atoms with Gasteiger partial charge in [-0.3, -0.25) is 14.5 Å². The van der Waals surface area contributed by atoms with Crippen LogP contribution in [0.3, 0.4) is 0 Å². The smallest absolute Gasteiger partial charge is 0.410 e. The van der Waals surface area contributed by atoms with Crippen molar-refractivity contribution in [3.63, 3.8) is 0 Å². The van der Waals surface area contributed by atoms with Gasteiger partial charge < -0.3 is 30.2 Å². The third kappa shape index (κ3) is 10.3. The summed E-state index contributed by atoms with van der Waals surface area (Å²) in [4.78, 5) is 64.8. The molecule has 1 aliphatic carbocycles. The summed E-state index contributed by atoms with van der Waals surface area (Å²) in [6.07, 6.45) is 2.06. The van der Waals surface area contributed by atoms with Gasteiger partial charge in [0.15, 0.2) is 0 Å². The molecule has 3 atom stereocenters. The molecule has 2 aliphatic rings. The zero-order valence-electron chi connectivity index (χ0n) is 24.3. The van der Waals surface area contributed by atoms with E-state index in [-0.39, 0.29) is 25.5 Å². The molecule has 3 N–H and O–H groups in total. The van der Waals surface area contributed by atoms with Crippen LogP contribution in [0.1, 0.15) is 64.9 Å². The number of hydrogen-bond donors (Lipinski definition) is 3. The van der Waals surface area contributed by atoms with Gasteiger partial charge in [0.1, 0.15) is 30.3 Å². The maximum Gasteiger partial charge on any atom is 0.410 e. The summed E-state index contributed by atoms with van der Waals surface area (Å²) in [6.45, 7) is 6.03. The monoisotopic (exact) mass is 574 g/mol. The quantitative estimate of drug-likeness (QED) is 0.196. The minimum atomic E-state index is -0.961. The van der Waals surface area contributed by atoms with Crippen molar-refractivity contribution in [2.75, 3.05) is 20.2 Å². The minimum Gasteiger partial charge on any atom is -0.467 e.